The van der Waals surface area contributed by atoms with E-state index in [0.29, 0.717) is 16.8 Å². The van der Waals surface area contributed by atoms with Gasteiger partial charge in [0.25, 0.3) is 5.91 Å². The van der Waals surface area contributed by atoms with Crippen molar-refractivity contribution in [3.8, 4) is 5.75 Å². The number of nitrogens with zero attached hydrogens (tertiary/aromatic N) is 1. The lowest BCUT2D eigenvalue weighted by molar-refractivity contribution is 0.0633. The molecular formula is C15H15N3O4S. The lowest BCUT2D eigenvalue weighted by atomic mass is 10.1. The molecule has 0 spiro atoms. The van der Waals surface area contributed by atoms with Crippen LogP contribution in [0.25, 0.3) is 0 Å². The van der Waals surface area contributed by atoms with Crippen molar-refractivity contribution in [2.45, 2.75) is 6.17 Å². The molecule has 0 bridgehead atoms. The number of amides is 1. The van der Waals surface area contributed by atoms with Crippen LogP contribution in [-0.4, -0.2) is 30.7 Å². The molecule has 0 aromatic heterocycles. The minimum absolute atomic E-state index is 0.0823. The molecule has 1 unspecified atom stereocenters. The Labute approximate surface area is 133 Å². The third-order valence-corrected chi connectivity index (χ3v) is 3.93. The van der Waals surface area contributed by atoms with Gasteiger partial charge in [-0.25, -0.2) is 13.4 Å². The largest absolute Gasteiger partial charge is 0.508 e. The summed E-state index contributed by atoms with van der Waals surface area (Å²) in [6.45, 7) is 0. The third-order valence-electron chi connectivity index (χ3n) is 3.40. The minimum atomic E-state index is -3.64. The third kappa shape index (κ3) is 3.13. The number of phenols is 1. The van der Waals surface area contributed by atoms with Gasteiger partial charge in [0, 0.05) is 5.69 Å². The summed E-state index contributed by atoms with van der Waals surface area (Å²) in [5, 5.41) is 13.6. The Kier molecular flexibility index (Phi) is 3.70. The predicted octanol–water partition coefficient (Wildman–Crippen LogP) is 1.42. The zero-order chi connectivity index (χ0) is 16.6. The number of anilines is 1. The first-order valence-corrected chi connectivity index (χ1v) is 8.70. The molecule has 3 rings (SSSR count). The number of benzene rings is 2. The summed E-state index contributed by atoms with van der Waals surface area (Å²) in [4.78, 5) is 14.9. The van der Waals surface area contributed by atoms with Crippen molar-refractivity contribution in [1.82, 2.24) is 9.84 Å². The molecule has 1 aliphatic rings. The number of aromatic hydroxyl groups is 1. The fourth-order valence-electron chi connectivity index (χ4n) is 2.42. The van der Waals surface area contributed by atoms with E-state index in [0.717, 1.165) is 11.3 Å². The maximum atomic E-state index is 12.7. The van der Waals surface area contributed by atoms with Gasteiger partial charge in [-0.1, -0.05) is 24.3 Å². The number of hydrogen-bond donors (Lipinski definition) is 3. The molecule has 0 saturated carbocycles. The van der Waals surface area contributed by atoms with Gasteiger partial charge in [0.1, 0.15) is 11.9 Å². The Balaban J connectivity index is 2.07. The van der Waals surface area contributed by atoms with E-state index in [1.165, 1.54) is 12.1 Å². The van der Waals surface area contributed by atoms with Gasteiger partial charge in [-0.15, -0.1) is 4.83 Å². The molecule has 1 atom stereocenters. The Morgan fingerprint density at radius 3 is 2.43 bits per heavy atom. The first-order chi connectivity index (χ1) is 10.8. The first kappa shape index (κ1) is 15.3. The summed E-state index contributed by atoms with van der Waals surface area (Å²) in [5.41, 5.74) is 1.61. The van der Waals surface area contributed by atoms with Crippen molar-refractivity contribution >= 4 is 21.6 Å². The highest BCUT2D eigenvalue weighted by molar-refractivity contribution is 7.88. The second-order valence-electron chi connectivity index (χ2n) is 5.22. The summed E-state index contributed by atoms with van der Waals surface area (Å²) >= 11 is 0. The van der Waals surface area contributed by atoms with Gasteiger partial charge >= 0.3 is 0 Å². The van der Waals surface area contributed by atoms with Crippen molar-refractivity contribution in [1.29, 1.82) is 0 Å². The lowest BCUT2D eigenvalue weighted by Crippen LogP contribution is -2.52. The van der Waals surface area contributed by atoms with Gasteiger partial charge in [-0.05, 0) is 29.8 Å². The number of carbonyl (C=O) groups is 1. The molecule has 0 radical (unpaired) electrons. The van der Waals surface area contributed by atoms with Crippen molar-refractivity contribution in [3.05, 3.63) is 59.7 Å². The van der Waals surface area contributed by atoms with Crippen LogP contribution in [0.5, 0.6) is 5.75 Å². The molecule has 3 N–H and O–H groups in total. The van der Waals surface area contributed by atoms with Crippen molar-refractivity contribution in [3.63, 3.8) is 0 Å². The van der Waals surface area contributed by atoms with Crippen LogP contribution in [0.15, 0.2) is 48.5 Å². The van der Waals surface area contributed by atoms with Crippen LogP contribution in [0, 0.1) is 0 Å². The van der Waals surface area contributed by atoms with E-state index in [4.69, 9.17) is 0 Å². The number of nitrogens with one attached hydrogen (secondary N) is 2. The monoisotopic (exact) mass is 333 g/mol. The van der Waals surface area contributed by atoms with E-state index in [-0.39, 0.29) is 5.75 Å². The van der Waals surface area contributed by atoms with Crippen LogP contribution >= 0.6 is 0 Å². The Morgan fingerprint density at radius 1 is 1.13 bits per heavy atom. The molecule has 2 aromatic rings. The van der Waals surface area contributed by atoms with Crippen LogP contribution in [0.3, 0.4) is 0 Å². The highest BCUT2D eigenvalue weighted by Gasteiger charge is 2.34. The fraction of sp³-hybridized carbons (Fsp3) is 0.133. The number of phenolic OH excluding ortho intramolecular Hbond substituents is 1. The maximum absolute atomic E-state index is 12.7. The van der Waals surface area contributed by atoms with Crippen molar-refractivity contribution < 1.29 is 18.3 Å². The van der Waals surface area contributed by atoms with Crippen LogP contribution in [-0.2, 0) is 10.0 Å². The van der Waals surface area contributed by atoms with Crippen LogP contribution in [0.4, 0.5) is 5.69 Å². The molecule has 0 aliphatic carbocycles. The summed E-state index contributed by atoms with van der Waals surface area (Å²) in [6, 6.07) is 13.0. The second-order valence-corrected chi connectivity index (χ2v) is 6.95. The van der Waals surface area contributed by atoms with E-state index < -0.39 is 22.1 Å². The highest BCUT2D eigenvalue weighted by Crippen LogP contribution is 2.32. The first-order valence-electron chi connectivity index (χ1n) is 6.80. The quantitative estimate of drug-likeness (QED) is 0.789. The van der Waals surface area contributed by atoms with Crippen LogP contribution < -0.4 is 10.1 Å². The zero-order valence-electron chi connectivity index (χ0n) is 12.2. The molecule has 8 heteroatoms. The van der Waals surface area contributed by atoms with Gasteiger partial charge in [-0.2, -0.15) is 0 Å². The fourth-order valence-corrected chi connectivity index (χ4v) is 2.96. The molecular weight excluding hydrogens is 318 g/mol. The van der Waals surface area contributed by atoms with E-state index in [2.05, 4.69) is 10.1 Å². The number of carbonyl (C=O) groups excluding carboxylic acids is 1. The van der Waals surface area contributed by atoms with Gasteiger partial charge in [0.2, 0.25) is 10.0 Å². The smallest absolute Gasteiger partial charge is 0.273 e. The molecule has 2 aromatic carbocycles. The average molecular weight is 333 g/mol. The molecule has 1 aliphatic heterocycles. The summed E-state index contributed by atoms with van der Waals surface area (Å²) < 4.78 is 23.2. The average Bonchev–Trinajstić information content (AvgIpc) is 2.50. The topological polar surface area (TPSA) is 98.7 Å². The summed E-state index contributed by atoms with van der Waals surface area (Å²) in [5.74, 6) is -0.373. The highest BCUT2D eigenvalue weighted by atomic mass is 32.2. The molecule has 0 saturated heterocycles. The minimum Gasteiger partial charge on any atom is -0.508 e. The van der Waals surface area contributed by atoms with E-state index >= 15 is 0 Å². The van der Waals surface area contributed by atoms with E-state index in [9.17, 15) is 18.3 Å². The molecule has 7 nitrogen and oxygen atoms in total. The van der Waals surface area contributed by atoms with Gasteiger partial charge in [-0.3, -0.25) is 4.79 Å². The number of hydrazine groups is 1. The SMILES string of the molecule is CS(=O)(=O)NN1C(=O)c2ccccc2NC1c1ccc(O)cc1. The Hall–Kier alpha value is -2.58. The standard InChI is InChI=1S/C15H15N3O4S/c1-23(21,22)17-18-14(10-6-8-11(19)9-7-10)16-13-5-3-2-4-12(13)15(18)20/h2-9,14,16-17,19H,1H3. The number of sulfonamides is 1. The normalized spacial score (nSPS) is 17.5. The zero-order valence-corrected chi connectivity index (χ0v) is 13.0. The van der Waals surface area contributed by atoms with Crippen LogP contribution in [0.1, 0.15) is 22.1 Å². The van der Waals surface area contributed by atoms with Crippen LogP contribution in [0.2, 0.25) is 0 Å². The number of para-hydroxylation sites is 1. The van der Waals surface area contributed by atoms with Crippen molar-refractivity contribution in [2.24, 2.45) is 0 Å². The number of rotatable bonds is 3. The summed E-state index contributed by atoms with van der Waals surface area (Å²) in [6.07, 6.45) is 0.252. The van der Waals surface area contributed by atoms with Gasteiger partial charge < -0.3 is 10.4 Å². The lowest BCUT2D eigenvalue weighted by Gasteiger charge is -2.37. The van der Waals surface area contributed by atoms with E-state index in [1.807, 2.05) is 0 Å². The molecule has 0 fully saturated rings. The van der Waals surface area contributed by atoms with Gasteiger partial charge in [0.05, 0.1) is 11.8 Å². The van der Waals surface area contributed by atoms with Crippen molar-refractivity contribution in [2.75, 3.05) is 11.6 Å². The number of hydrogen-bond acceptors (Lipinski definition) is 5. The molecule has 23 heavy (non-hydrogen) atoms. The molecule has 1 amide bonds. The predicted molar refractivity (Wildman–Crippen MR) is 85.1 cm³/mol. The number of fused-ring (bicyclic) bond motifs is 1. The maximum Gasteiger partial charge on any atom is 0.273 e. The van der Waals surface area contributed by atoms with E-state index in [1.54, 1.807) is 36.4 Å². The Morgan fingerprint density at radius 2 is 1.78 bits per heavy atom. The van der Waals surface area contributed by atoms with Gasteiger partial charge in [0.15, 0.2) is 0 Å². The molecule has 120 valence electrons. The second kappa shape index (κ2) is 5.56. The molecule has 1 heterocycles. The summed E-state index contributed by atoms with van der Waals surface area (Å²) in [7, 11) is -3.64. The Bertz CT molecular complexity index is 849.